The number of esters is 1. The van der Waals surface area contributed by atoms with Crippen LogP contribution in [0.25, 0.3) is 0 Å². The first-order chi connectivity index (χ1) is 9.27. The Bertz CT molecular complexity index is 416. The van der Waals surface area contributed by atoms with Gasteiger partial charge in [0.05, 0.1) is 0 Å². The average Bonchev–Trinajstić information content (AvgIpc) is 2.73. The van der Waals surface area contributed by atoms with Gasteiger partial charge < -0.3 is 9.84 Å². The standard InChI is InChI=1S/C17H28O3/c1-10-5-6-12-14(10)15-13(16(15,3)4)7-8-17(12,19)9-20-11(2)18/h10,12-15,19H,5-9H2,1-4H3/t10-,12+,13-,14-,15-,17-/m1/s1. The summed E-state index contributed by atoms with van der Waals surface area (Å²) in [6, 6.07) is 0. The molecule has 3 aliphatic rings. The van der Waals surface area contributed by atoms with Crippen LogP contribution in [0, 0.1) is 35.0 Å². The molecule has 0 aliphatic heterocycles. The molecular formula is C17H28O3. The van der Waals surface area contributed by atoms with Crippen LogP contribution >= 0.6 is 0 Å². The fraction of sp³-hybridized carbons (Fsp3) is 0.941. The number of rotatable bonds is 2. The molecule has 3 heteroatoms. The molecule has 114 valence electrons. The van der Waals surface area contributed by atoms with Gasteiger partial charge in [-0.15, -0.1) is 0 Å². The van der Waals surface area contributed by atoms with Gasteiger partial charge in [0.2, 0.25) is 0 Å². The van der Waals surface area contributed by atoms with E-state index in [-0.39, 0.29) is 12.6 Å². The SMILES string of the molecule is CC(=O)OC[C@]1(O)CC[C@@H]2[C@H]([C@@H]3[C@H](C)CC[C@@H]31)C2(C)C. The predicted octanol–water partition coefficient (Wildman–Crippen LogP) is 3.01. The maximum Gasteiger partial charge on any atom is 0.302 e. The summed E-state index contributed by atoms with van der Waals surface area (Å²) in [4.78, 5) is 11.1. The van der Waals surface area contributed by atoms with Crippen LogP contribution in [0.5, 0.6) is 0 Å². The number of aliphatic hydroxyl groups is 1. The van der Waals surface area contributed by atoms with Crippen LogP contribution in [-0.4, -0.2) is 23.3 Å². The third-order valence-electron chi connectivity index (χ3n) is 6.71. The molecule has 0 amide bonds. The molecule has 3 saturated carbocycles. The van der Waals surface area contributed by atoms with Crippen molar-refractivity contribution in [2.75, 3.05) is 6.61 Å². The highest BCUT2D eigenvalue weighted by Crippen LogP contribution is 2.71. The van der Waals surface area contributed by atoms with Gasteiger partial charge in [-0.05, 0) is 54.3 Å². The van der Waals surface area contributed by atoms with Gasteiger partial charge in [0.15, 0.2) is 0 Å². The summed E-state index contributed by atoms with van der Waals surface area (Å²) in [5.41, 5.74) is -0.338. The van der Waals surface area contributed by atoms with Crippen LogP contribution in [0.1, 0.15) is 53.4 Å². The van der Waals surface area contributed by atoms with Crippen molar-refractivity contribution in [1.29, 1.82) is 0 Å². The second-order valence-electron chi connectivity index (χ2n) is 8.11. The molecule has 0 spiro atoms. The molecule has 0 radical (unpaired) electrons. The molecule has 0 aromatic heterocycles. The summed E-state index contributed by atoms with van der Waals surface area (Å²) < 4.78 is 5.20. The Morgan fingerprint density at radius 3 is 2.60 bits per heavy atom. The van der Waals surface area contributed by atoms with E-state index in [9.17, 15) is 9.90 Å². The quantitative estimate of drug-likeness (QED) is 0.791. The lowest BCUT2D eigenvalue weighted by atomic mass is 9.74. The van der Waals surface area contributed by atoms with E-state index in [4.69, 9.17) is 4.74 Å². The lowest BCUT2D eigenvalue weighted by Crippen LogP contribution is -2.45. The number of ether oxygens (including phenoxy) is 1. The maximum absolute atomic E-state index is 11.1. The lowest BCUT2D eigenvalue weighted by molar-refractivity contribution is -0.155. The summed E-state index contributed by atoms with van der Waals surface area (Å²) >= 11 is 0. The smallest absolute Gasteiger partial charge is 0.302 e. The summed E-state index contributed by atoms with van der Waals surface area (Å²) in [5, 5.41) is 11.1. The normalized spacial score (nSPS) is 49.0. The molecule has 0 aromatic rings. The fourth-order valence-corrected chi connectivity index (χ4v) is 5.55. The number of hydrogen-bond donors (Lipinski definition) is 1. The zero-order valence-corrected chi connectivity index (χ0v) is 13.2. The van der Waals surface area contributed by atoms with Crippen molar-refractivity contribution < 1.29 is 14.6 Å². The zero-order valence-electron chi connectivity index (χ0n) is 13.2. The van der Waals surface area contributed by atoms with Crippen molar-refractivity contribution >= 4 is 5.97 Å². The first-order valence-electron chi connectivity index (χ1n) is 8.13. The Balaban J connectivity index is 1.84. The molecule has 0 saturated heterocycles. The van der Waals surface area contributed by atoms with E-state index in [2.05, 4.69) is 20.8 Å². The summed E-state index contributed by atoms with van der Waals surface area (Å²) in [6.45, 7) is 8.74. The molecule has 3 fully saturated rings. The lowest BCUT2D eigenvalue weighted by Gasteiger charge is -2.37. The van der Waals surface area contributed by atoms with E-state index in [1.54, 1.807) is 0 Å². The van der Waals surface area contributed by atoms with Crippen LogP contribution in [0.3, 0.4) is 0 Å². The largest absolute Gasteiger partial charge is 0.463 e. The number of fused-ring (bicyclic) bond motifs is 3. The first kappa shape index (κ1) is 14.4. The molecule has 6 atom stereocenters. The van der Waals surface area contributed by atoms with E-state index in [1.165, 1.54) is 13.3 Å². The molecule has 1 N–H and O–H groups in total. The molecular weight excluding hydrogens is 252 g/mol. The van der Waals surface area contributed by atoms with Crippen LogP contribution in [0.2, 0.25) is 0 Å². The molecule has 0 aromatic carbocycles. The van der Waals surface area contributed by atoms with E-state index in [0.717, 1.165) is 31.1 Å². The van der Waals surface area contributed by atoms with Crippen LogP contribution in [-0.2, 0) is 9.53 Å². The van der Waals surface area contributed by atoms with Crippen LogP contribution in [0.4, 0.5) is 0 Å². The van der Waals surface area contributed by atoms with Crippen molar-refractivity contribution in [3.63, 3.8) is 0 Å². The van der Waals surface area contributed by atoms with Crippen molar-refractivity contribution in [3.8, 4) is 0 Å². The minimum Gasteiger partial charge on any atom is -0.463 e. The molecule has 3 nitrogen and oxygen atoms in total. The predicted molar refractivity (Wildman–Crippen MR) is 77.0 cm³/mol. The summed E-state index contributed by atoms with van der Waals surface area (Å²) in [5.74, 6) is 2.84. The molecule has 0 unspecified atom stereocenters. The monoisotopic (exact) mass is 280 g/mol. The minimum atomic E-state index is -0.787. The maximum atomic E-state index is 11.1. The first-order valence-corrected chi connectivity index (χ1v) is 8.13. The Labute approximate surface area is 122 Å². The van der Waals surface area contributed by atoms with E-state index in [0.29, 0.717) is 23.2 Å². The molecule has 0 bridgehead atoms. The Kier molecular flexibility index (Phi) is 3.20. The van der Waals surface area contributed by atoms with Crippen molar-refractivity contribution in [1.82, 2.24) is 0 Å². The summed E-state index contributed by atoms with van der Waals surface area (Å²) in [6.07, 6.45) is 4.16. The third-order valence-corrected chi connectivity index (χ3v) is 6.71. The van der Waals surface area contributed by atoms with Crippen LogP contribution in [0.15, 0.2) is 0 Å². The minimum absolute atomic E-state index is 0.191. The van der Waals surface area contributed by atoms with Crippen molar-refractivity contribution in [2.45, 2.75) is 59.0 Å². The van der Waals surface area contributed by atoms with Crippen molar-refractivity contribution in [2.24, 2.45) is 35.0 Å². The molecule has 20 heavy (non-hydrogen) atoms. The van der Waals surface area contributed by atoms with Gasteiger partial charge in [-0.3, -0.25) is 4.79 Å². The van der Waals surface area contributed by atoms with Gasteiger partial charge in [-0.25, -0.2) is 0 Å². The second-order valence-corrected chi connectivity index (χ2v) is 8.11. The highest BCUT2D eigenvalue weighted by Gasteiger charge is 2.67. The third kappa shape index (κ3) is 2.01. The van der Waals surface area contributed by atoms with Gasteiger partial charge in [-0.1, -0.05) is 27.2 Å². The van der Waals surface area contributed by atoms with Gasteiger partial charge in [0.1, 0.15) is 12.2 Å². The van der Waals surface area contributed by atoms with Gasteiger partial charge in [0.25, 0.3) is 0 Å². The fourth-order valence-electron chi connectivity index (χ4n) is 5.55. The average molecular weight is 280 g/mol. The highest BCUT2D eigenvalue weighted by atomic mass is 16.5. The van der Waals surface area contributed by atoms with Gasteiger partial charge in [-0.2, -0.15) is 0 Å². The van der Waals surface area contributed by atoms with E-state index in [1.807, 2.05) is 0 Å². The van der Waals surface area contributed by atoms with E-state index < -0.39 is 5.60 Å². The van der Waals surface area contributed by atoms with Gasteiger partial charge >= 0.3 is 5.97 Å². The Hall–Kier alpha value is -0.570. The van der Waals surface area contributed by atoms with Gasteiger partial charge in [0, 0.05) is 6.92 Å². The number of carbonyl (C=O) groups is 1. The number of carbonyl (C=O) groups excluding carboxylic acids is 1. The molecule has 3 aliphatic carbocycles. The Morgan fingerprint density at radius 1 is 1.25 bits per heavy atom. The Morgan fingerprint density at radius 2 is 1.95 bits per heavy atom. The number of hydrogen-bond acceptors (Lipinski definition) is 3. The topological polar surface area (TPSA) is 46.5 Å². The second kappa shape index (κ2) is 4.46. The van der Waals surface area contributed by atoms with E-state index >= 15 is 0 Å². The summed E-state index contributed by atoms with van der Waals surface area (Å²) in [7, 11) is 0. The molecule has 0 heterocycles. The zero-order chi connectivity index (χ0) is 14.7. The van der Waals surface area contributed by atoms with Crippen LogP contribution < -0.4 is 0 Å². The molecule has 3 rings (SSSR count). The van der Waals surface area contributed by atoms with Crippen molar-refractivity contribution in [3.05, 3.63) is 0 Å². The highest BCUT2D eigenvalue weighted by molar-refractivity contribution is 5.65.